The highest BCUT2D eigenvalue weighted by atomic mass is 35.5. The molecule has 1 fully saturated rings. The number of hydrogen-bond donors (Lipinski definition) is 1. The van der Waals surface area contributed by atoms with Gasteiger partial charge < -0.3 is 10.0 Å². The van der Waals surface area contributed by atoms with Crippen LogP contribution in [0.15, 0.2) is 6.20 Å². The normalized spacial score (nSPS) is 20.4. The predicted octanol–water partition coefficient (Wildman–Crippen LogP) is 1.17. The van der Waals surface area contributed by atoms with E-state index in [4.69, 9.17) is 11.6 Å². The second-order valence-electron chi connectivity index (χ2n) is 4.08. The molecule has 5 nitrogen and oxygen atoms in total. The van der Waals surface area contributed by atoms with Crippen molar-refractivity contribution in [3.63, 3.8) is 0 Å². The maximum absolute atomic E-state index is 11.4. The van der Waals surface area contributed by atoms with E-state index in [-0.39, 0.29) is 0 Å². The van der Waals surface area contributed by atoms with Crippen LogP contribution in [0.4, 0.5) is 0 Å². The van der Waals surface area contributed by atoms with Gasteiger partial charge in [0.05, 0.1) is 6.20 Å². The van der Waals surface area contributed by atoms with E-state index in [9.17, 15) is 9.90 Å². The fraction of sp³-hybridized carbons (Fsp3) is 0.600. The van der Waals surface area contributed by atoms with Crippen LogP contribution >= 0.6 is 22.9 Å². The number of aromatic nitrogens is 1. The van der Waals surface area contributed by atoms with Crippen molar-refractivity contribution in [1.82, 2.24) is 14.8 Å². The zero-order valence-corrected chi connectivity index (χ0v) is 11.0. The lowest BCUT2D eigenvalue weighted by atomic mass is 10.2. The minimum atomic E-state index is -0.861. The molecule has 1 saturated heterocycles. The highest BCUT2D eigenvalue weighted by Gasteiger charge is 2.31. The van der Waals surface area contributed by atoms with E-state index in [0.717, 1.165) is 26.2 Å². The number of thiazole rings is 1. The standard InChI is InChI=1S/C10H14ClN3O2S/c1-13-2-4-14(5-3-13)8(10(15)16)9-12-6-7(11)17-9/h6,8H,2-5H2,1H3,(H,15,16). The summed E-state index contributed by atoms with van der Waals surface area (Å²) in [5, 5.41) is 9.88. The Morgan fingerprint density at radius 3 is 2.65 bits per heavy atom. The van der Waals surface area contributed by atoms with Gasteiger partial charge in [-0.25, -0.2) is 4.98 Å². The van der Waals surface area contributed by atoms with Crippen molar-refractivity contribution in [2.75, 3.05) is 33.2 Å². The molecule has 2 heterocycles. The smallest absolute Gasteiger partial charge is 0.328 e. The zero-order valence-electron chi connectivity index (χ0n) is 9.47. The summed E-state index contributed by atoms with van der Waals surface area (Å²) in [6.45, 7) is 3.24. The third-order valence-electron chi connectivity index (χ3n) is 2.87. The number of carboxylic acids is 1. The van der Waals surface area contributed by atoms with E-state index in [2.05, 4.69) is 9.88 Å². The fourth-order valence-electron chi connectivity index (χ4n) is 1.89. The van der Waals surface area contributed by atoms with Gasteiger partial charge in [-0.2, -0.15) is 0 Å². The lowest BCUT2D eigenvalue weighted by Gasteiger charge is -2.35. The van der Waals surface area contributed by atoms with Gasteiger partial charge in [-0.1, -0.05) is 11.6 Å². The summed E-state index contributed by atoms with van der Waals surface area (Å²) in [6.07, 6.45) is 1.51. The summed E-state index contributed by atoms with van der Waals surface area (Å²) in [6, 6.07) is -0.666. The lowest BCUT2D eigenvalue weighted by Crippen LogP contribution is -2.47. The van der Waals surface area contributed by atoms with Gasteiger partial charge in [-0.05, 0) is 7.05 Å². The Labute approximate surface area is 109 Å². The fourth-order valence-corrected chi connectivity index (χ4v) is 2.95. The maximum Gasteiger partial charge on any atom is 0.328 e. The van der Waals surface area contributed by atoms with Crippen molar-refractivity contribution in [2.45, 2.75) is 6.04 Å². The number of halogens is 1. The van der Waals surface area contributed by atoms with Crippen molar-refractivity contribution < 1.29 is 9.90 Å². The van der Waals surface area contributed by atoms with Crippen LogP contribution < -0.4 is 0 Å². The van der Waals surface area contributed by atoms with E-state index in [0.29, 0.717) is 9.34 Å². The number of aliphatic carboxylic acids is 1. The molecular formula is C10H14ClN3O2S. The molecule has 1 aromatic rings. The van der Waals surface area contributed by atoms with Crippen LogP contribution in [0.1, 0.15) is 11.0 Å². The van der Waals surface area contributed by atoms with Crippen LogP contribution in [0, 0.1) is 0 Å². The van der Waals surface area contributed by atoms with E-state index in [1.54, 1.807) is 0 Å². The number of carbonyl (C=O) groups is 1. The molecule has 1 aliphatic heterocycles. The Morgan fingerprint density at radius 1 is 1.53 bits per heavy atom. The molecule has 7 heteroatoms. The number of hydrogen-bond acceptors (Lipinski definition) is 5. The molecule has 0 aromatic carbocycles. The summed E-state index contributed by atoms with van der Waals surface area (Å²) in [7, 11) is 2.04. The molecule has 2 rings (SSSR count). The first-order valence-corrected chi connectivity index (χ1v) is 6.54. The Balaban J connectivity index is 2.15. The summed E-state index contributed by atoms with van der Waals surface area (Å²) < 4.78 is 0.528. The molecule has 17 heavy (non-hydrogen) atoms. The molecule has 0 spiro atoms. The van der Waals surface area contributed by atoms with Crippen molar-refractivity contribution in [1.29, 1.82) is 0 Å². The Morgan fingerprint density at radius 2 is 2.18 bits per heavy atom. The Bertz CT molecular complexity index is 404. The van der Waals surface area contributed by atoms with Crippen LogP contribution in [0.3, 0.4) is 0 Å². The maximum atomic E-state index is 11.4. The molecule has 1 N–H and O–H groups in total. The topological polar surface area (TPSA) is 56.7 Å². The third-order valence-corrected chi connectivity index (χ3v) is 4.03. The highest BCUT2D eigenvalue weighted by Crippen LogP contribution is 2.28. The van der Waals surface area contributed by atoms with Crippen LogP contribution in [0.2, 0.25) is 4.34 Å². The molecule has 1 aromatic heterocycles. The molecule has 0 aliphatic carbocycles. The average molecular weight is 276 g/mol. The SMILES string of the molecule is CN1CCN(C(C(=O)O)c2ncc(Cl)s2)CC1. The Kier molecular flexibility index (Phi) is 3.98. The van der Waals surface area contributed by atoms with Gasteiger partial charge in [0, 0.05) is 26.2 Å². The molecule has 1 atom stereocenters. The minimum Gasteiger partial charge on any atom is -0.480 e. The lowest BCUT2D eigenvalue weighted by molar-refractivity contribution is -0.144. The van der Waals surface area contributed by atoms with Gasteiger partial charge in [0.2, 0.25) is 0 Å². The van der Waals surface area contributed by atoms with E-state index < -0.39 is 12.0 Å². The first kappa shape index (κ1) is 12.8. The molecule has 1 aliphatic rings. The van der Waals surface area contributed by atoms with Crippen molar-refractivity contribution in [2.24, 2.45) is 0 Å². The molecular weight excluding hydrogens is 262 g/mol. The molecule has 0 radical (unpaired) electrons. The van der Waals surface area contributed by atoms with Crippen LogP contribution in [0.25, 0.3) is 0 Å². The first-order chi connectivity index (χ1) is 8.08. The van der Waals surface area contributed by atoms with Crippen molar-refractivity contribution in [3.8, 4) is 0 Å². The first-order valence-electron chi connectivity index (χ1n) is 5.34. The predicted molar refractivity (Wildman–Crippen MR) is 66.6 cm³/mol. The molecule has 0 saturated carbocycles. The monoisotopic (exact) mass is 275 g/mol. The van der Waals surface area contributed by atoms with Gasteiger partial charge in [0.25, 0.3) is 0 Å². The molecule has 0 bridgehead atoms. The van der Waals surface area contributed by atoms with Crippen LogP contribution in [-0.2, 0) is 4.79 Å². The second kappa shape index (κ2) is 5.30. The largest absolute Gasteiger partial charge is 0.480 e. The second-order valence-corrected chi connectivity index (χ2v) is 5.78. The zero-order chi connectivity index (χ0) is 12.4. The summed E-state index contributed by atoms with van der Waals surface area (Å²) in [5.74, 6) is -0.861. The average Bonchev–Trinajstić information content (AvgIpc) is 2.68. The molecule has 1 unspecified atom stereocenters. The van der Waals surface area contributed by atoms with Crippen molar-refractivity contribution in [3.05, 3.63) is 15.5 Å². The van der Waals surface area contributed by atoms with Crippen LogP contribution in [0.5, 0.6) is 0 Å². The number of piperazine rings is 1. The summed E-state index contributed by atoms with van der Waals surface area (Å²) in [4.78, 5) is 19.6. The van der Waals surface area contributed by atoms with E-state index in [1.807, 2.05) is 11.9 Å². The third kappa shape index (κ3) is 2.95. The number of likely N-dealkylation sites (N-methyl/N-ethyl adjacent to an activating group) is 1. The van der Waals surface area contributed by atoms with Gasteiger partial charge in [-0.3, -0.25) is 9.69 Å². The minimum absolute atomic E-state index is 0.528. The Hall–Kier alpha value is -0.690. The number of rotatable bonds is 3. The van der Waals surface area contributed by atoms with Gasteiger partial charge in [-0.15, -0.1) is 11.3 Å². The van der Waals surface area contributed by atoms with Crippen LogP contribution in [-0.4, -0.2) is 59.1 Å². The summed E-state index contributed by atoms with van der Waals surface area (Å²) in [5.41, 5.74) is 0. The quantitative estimate of drug-likeness (QED) is 0.897. The van der Waals surface area contributed by atoms with Crippen molar-refractivity contribution >= 4 is 28.9 Å². The molecule has 94 valence electrons. The number of carboxylic acid groups (broad SMARTS) is 1. The van der Waals surface area contributed by atoms with Gasteiger partial charge in [0.15, 0.2) is 6.04 Å². The number of nitrogens with zero attached hydrogens (tertiary/aromatic N) is 3. The van der Waals surface area contributed by atoms with E-state index >= 15 is 0 Å². The van der Waals surface area contributed by atoms with Gasteiger partial charge >= 0.3 is 5.97 Å². The van der Waals surface area contributed by atoms with Gasteiger partial charge in [0.1, 0.15) is 9.34 Å². The molecule has 0 amide bonds. The summed E-state index contributed by atoms with van der Waals surface area (Å²) >= 11 is 7.04. The van der Waals surface area contributed by atoms with E-state index in [1.165, 1.54) is 17.5 Å². The highest BCUT2D eigenvalue weighted by molar-refractivity contribution is 7.16.